The molecule has 4 heteroatoms. The Morgan fingerprint density at radius 3 is 2.57 bits per heavy atom. The molecule has 0 bridgehead atoms. The largest absolute Gasteiger partial charge is 0.492 e. The Labute approximate surface area is 136 Å². The Morgan fingerprint density at radius 1 is 1.17 bits per heavy atom. The minimum Gasteiger partial charge on any atom is -0.492 e. The Morgan fingerprint density at radius 2 is 1.87 bits per heavy atom. The van der Waals surface area contributed by atoms with Gasteiger partial charge in [0, 0.05) is 12.7 Å². The minimum atomic E-state index is -0.514. The zero-order chi connectivity index (χ0) is 16.6. The maximum atomic E-state index is 12.3. The number of para-hydroxylation sites is 1. The molecule has 0 aromatic heterocycles. The van der Waals surface area contributed by atoms with Gasteiger partial charge in [0.1, 0.15) is 12.4 Å². The first-order chi connectivity index (χ1) is 10.9. The van der Waals surface area contributed by atoms with Crippen LogP contribution < -0.4 is 15.4 Å². The summed E-state index contributed by atoms with van der Waals surface area (Å²) in [6, 6.07) is 15.4. The summed E-state index contributed by atoms with van der Waals surface area (Å²) in [4.78, 5) is 14.1. The molecule has 0 spiro atoms. The van der Waals surface area contributed by atoms with Crippen molar-refractivity contribution in [2.45, 2.75) is 25.3 Å². The molecule has 1 unspecified atom stereocenters. The number of ether oxygens (including phenoxy) is 1. The highest BCUT2D eigenvalue weighted by atomic mass is 16.5. The molecule has 1 atom stereocenters. The summed E-state index contributed by atoms with van der Waals surface area (Å²) in [5.74, 6) is 0.915. The predicted octanol–water partition coefficient (Wildman–Crippen LogP) is 3.02. The molecule has 3 rings (SSSR count). The highest BCUT2D eigenvalue weighted by Crippen LogP contribution is 2.41. The third kappa shape index (κ3) is 2.70. The van der Waals surface area contributed by atoms with Crippen LogP contribution in [0.4, 0.5) is 5.69 Å². The Balaban J connectivity index is 1.80. The van der Waals surface area contributed by atoms with Gasteiger partial charge in [0.25, 0.3) is 0 Å². The van der Waals surface area contributed by atoms with Gasteiger partial charge in [-0.2, -0.15) is 0 Å². The van der Waals surface area contributed by atoms with Crippen LogP contribution in [-0.4, -0.2) is 19.6 Å². The highest BCUT2D eigenvalue weighted by Gasteiger charge is 2.42. The first-order valence-corrected chi connectivity index (χ1v) is 7.77. The van der Waals surface area contributed by atoms with Crippen LogP contribution in [0.5, 0.6) is 5.75 Å². The lowest BCUT2D eigenvalue weighted by Crippen LogP contribution is -2.33. The lowest BCUT2D eigenvalue weighted by molar-refractivity contribution is -0.121. The summed E-state index contributed by atoms with van der Waals surface area (Å²) in [7, 11) is 1.81. The number of carbonyl (C=O) groups excluding carboxylic acids is 1. The second-order valence-corrected chi connectivity index (χ2v) is 6.50. The van der Waals surface area contributed by atoms with Gasteiger partial charge in [-0.05, 0) is 43.2 Å². The lowest BCUT2D eigenvalue weighted by Gasteiger charge is -2.18. The number of hydrogen-bond acceptors (Lipinski definition) is 3. The van der Waals surface area contributed by atoms with Gasteiger partial charge in [-0.25, -0.2) is 0 Å². The van der Waals surface area contributed by atoms with Crippen LogP contribution in [0.15, 0.2) is 48.5 Å². The summed E-state index contributed by atoms with van der Waals surface area (Å²) in [6.45, 7) is 4.30. The van der Waals surface area contributed by atoms with E-state index in [9.17, 15) is 4.79 Å². The summed E-state index contributed by atoms with van der Waals surface area (Å²) in [5.41, 5.74) is 8.72. The van der Waals surface area contributed by atoms with E-state index < -0.39 is 5.41 Å². The summed E-state index contributed by atoms with van der Waals surface area (Å²) in [6.07, 6.45) is 0. The zero-order valence-electron chi connectivity index (χ0n) is 13.7. The number of fused-ring (bicyclic) bond motifs is 1. The predicted molar refractivity (Wildman–Crippen MR) is 91.7 cm³/mol. The number of rotatable bonds is 4. The van der Waals surface area contributed by atoms with E-state index in [1.165, 1.54) is 0 Å². The molecule has 0 saturated carbocycles. The van der Waals surface area contributed by atoms with Crippen LogP contribution in [0.3, 0.4) is 0 Å². The quantitative estimate of drug-likeness (QED) is 0.944. The molecule has 0 fully saturated rings. The van der Waals surface area contributed by atoms with Crippen LogP contribution >= 0.6 is 0 Å². The topological polar surface area (TPSA) is 55.6 Å². The number of nitrogens with zero attached hydrogens (tertiary/aromatic N) is 1. The molecule has 2 aromatic carbocycles. The number of amides is 1. The maximum Gasteiger partial charge on any atom is 0.236 e. The van der Waals surface area contributed by atoms with Crippen molar-refractivity contribution in [1.82, 2.24) is 0 Å². The van der Waals surface area contributed by atoms with E-state index in [1.54, 1.807) is 4.90 Å². The van der Waals surface area contributed by atoms with E-state index in [2.05, 4.69) is 0 Å². The van der Waals surface area contributed by atoms with E-state index in [0.29, 0.717) is 6.61 Å². The first kappa shape index (κ1) is 15.6. The molecule has 1 aliphatic heterocycles. The minimum absolute atomic E-state index is 0.110. The molecule has 120 valence electrons. The first-order valence-electron chi connectivity index (χ1n) is 7.77. The van der Waals surface area contributed by atoms with Crippen molar-refractivity contribution in [3.8, 4) is 5.75 Å². The Kier molecular flexibility index (Phi) is 3.86. The number of likely N-dealkylation sites (N-methyl/N-ethyl adjacent to an activating group) is 1. The van der Waals surface area contributed by atoms with Gasteiger partial charge in [0.05, 0.1) is 11.5 Å². The van der Waals surface area contributed by atoms with Crippen molar-refractivity contribution in [2.24, 2.45) is 5.73 Å². The van der Waals surface area contributed by atoms with Crippen molar-refractivity contribution in [2.75, 3.05) is 18.6 Å². The third-order valence-corrected chi connectivity index (χ3v) is 4.50. The third-order valence-electron chi connectivity index (χ3n) is 4.50. The van der Waals surface area contributed by atoms with E-state index in [0.717, 1.165) is 22.6 Å². The summed E-state index contributed by atoms with van der Waals surface area (Å²) < 4.78 is 5.73. The lowest BCUT2D eigenvalue weighted by atomic mass is 9.85. The van der Waals surface area contributed by atoms with Crippen molar-refractivity contribution in [1.29, 1.82) is 0 Å². The highest BCUT2D eigenvalue weighted by molar-refractivity contribution is 6.07. The number of hydrogen-bond donors (Lipinski definition) is 1. The van der Waals surface area contributed by atoms with Gasteiger partial charge in [0.15, 0.2) is 0 Å². The van der Waals surface area contributed by atoms with Crippen molar-refractivity contribution in [3.63, 3.8) is 0 Å². The van der Waals surface area contributed by atoms with Gasteiger partial charge < -0.3 is 15.4 Å². The smallest absolute Gasteiger partial charge is 0.236 e. The molecule has 2 aromatic rings. The second-order valence-electron chi connectivity index (χ2n) is 6.50. The van der Waals surface area contributed by atoms with Gasteiger partial charge in [0.2, 0.25) is 5.91 Å². The second kappa shape index (κ2) is 5.70. The van der Waals surface area contributed by atoms with E-state index in [-0.39, 0.29) is 11.9 Å². The summed E-state index contributed by atoms with van der Waals surface area (Å²) >= 11 is 0. The molecule has 0 saturated heterocycles. The Bertz CT molecular complexity index is 725. The van der Waals surface area contributed by atoms with Crippen LogP contribution in [-0.2, 0) is 10.2 Å². The van der Waals surface area contributed by atoms with Gasteiger partial charge in [-0.1, -0.05) is 30.3 Å². The molecule has 1 heterocycles. The van der Waals surface area contributed by atoms with Gasteiger partial charge in [-0.3, -0.25) is 4.79 Å². The van der Waals surface area contributed by atoms with Crippen LogP contribution in [0.1, 0.15) is 31.0 Å². The van der Waals surface area contributed by atoms with Crippen LogP contribution in [0, 0.1) is 0 Å². The van der Waals surface area contributed by atoms with E-state index >= 15 is 0 Å². The number of anilines is 1. The van der Waals surface area contributed by atoms with E-state index in [4.69, 9.17) is 10.5 Å². The number of nitrogens with two attached hydrogens (primary N) is 1. The zero-order valence-corrected chi connectivity index (χ0v) is 13.7. The number of benzene rings is 2. The van der Waals surface area contributed by atoms with Crippen LogP contribution in [0.2, 0.25) is 0 Å². The normalized spacial score (nSPS) is 17.0. The molecule has 0 aliphatic carbocycles. The fraction of sp³-hybridized carbons (Fsp3) is 0.316. The molecule has 1 aliphatic rings. The molecule has 4 nitrogen and oxygen atoms in total. The Hall–Kier alpha value is -2.33. The van der Waals surface area contributed by atoms with E-state index in [1.807, 2.05) is 69.4 Å². The average molecular weight is 310 g/mol. The van der Waals surface area contributed by atoms with Crippen molar-refractivity contribution >= 4 is 11.6 Å². The van der Waals surface area contributed by atoms with Crippen molar-refractivity contribution < 1.29 is 9.53 Å². The molecular formula is C19H22N2O2. The monoisotopic (exact) mass is 310 g/mol. The van der Waals surface area contributed by atoms with Crippen LogP contribution in [0.25, 0.3) is 0 Å². The molecule has 23 heavy (non-hydrogen) atoms. The SMILES string of the molecule is CN1C(=O)C(C)(C)c2cc(C(N)COc3ccccc3)ccc21. The molecule has 1 amide bonds. The molecule has 2 N–H and O–H groups in total. The maximum absolute atomic E-state index is 12.3. The van der Waals surface area contributed by atoms with Gasteiger partial charge in [-0.15, -0.1) is 0 Å². The standard InChI is InChI=1S/C19H22N2O2/c1-19(2)15-11-13(9-10-17(15)21(3)18(19)22)16(20)12-23-14-7-5-4-6-8-14/h4-11,16H,12,20H2,1-3H3. The van der Waals surface area contributed by atoms with Crippen molar-refractivity contribution in [3.05, 3.63) is 59.7 Å². The number of carbonyl (C=O) groups is 1. The molecular weight excluding hydrogens is 288 g/mol. The summed E-state index contributed by atoms with van der Waals surface area (Å²) in [5, 5.41) is 0. The fourth-order valence-corrected chi connectivity index (χ4v) is 3.02. The molecule has 0 radical (unpaired) electrons. The fourth-order valence-electron chi connectivity index (χ4n) is 3.02. The average Bonchev–Trinajstić information content (AvgIpc) is 2.74. The van der Waals surface area contributed by atoms with Gasteiger partial charge >= 0.3 is 0 Å².